The predicted molar refractivity (Wildman–Crippen MR) is 98.8 cm³/mol. The molecule has 1 unspecified atom stereocenters. The standard InChI is InChI=1S/C19H19N5O4/c20-23-21-9-3-11-28-10-2-5-13-4-1-6-14-15(13)12-24(19(14)27)16-7-8-17(25)22-18(16)26/h1,4,6,16H,3,7-12H2,(H,22,25,26). The van der Waals surface area contributed by atoms with Gasteiger partial charge in [0.1, 0.15) is 12.6 Å². The van der Waals surface area contributed by atoms with Crippen LogP contribution in [0, 0.1) is 11.8 Å². The van der Waals surface area contributed by atoms with Crippen molar-refractivity contribution in [1.29, 1.82) is 0 Å². The Bertz CT molecular complexity index is 911. The number of ether oxygens (including phenoxy) is 1. The highest BCUT2D eigenvalue weighted by atomic mass is 16.5. The van der Waals surface area contributed by atoms with E-state index in [1.165, 1.54) is 4.90 Å². The number of benzene rings is 1. The van der Waals surface area contributed by atoms with E-state index in [-0.39, 0.29) is 31.4 Å². The largest absolute Gasteiger partial charge is 0.369 e. The van der Waals surface area contributed by atoms with Crippen molar-refractivity contribution in [3.8, 4) is 11.8 Å². The van der Waals surface area contributed by atoms with Crippen LogP contribution >= 0.6 is 0 Å². The molecule has 2 aliphatic rings. The first-order valence-corrected chi connectivity index (χ1v) is 8.96. The van der Waals surface area contributed by atoms with E-state index in [1.807, 2.05) is 6.07 Å². The Labute approximate surface area is 161 Å². The van der Waals surface area contributed by atoms with Crippen LogP contribution in [0.3, 0.4) is 0 Å². The van der Waals surface area contributed by atoms with E-state index < -0.39 is 11.9 Å². The molecule has 9 nitrogen and oxygen atoms in total. The Morgan fingerprint density at radius 2 is 2.21 bits per heavy atom. The van der Waals surface area contributed by atoms with Crippen LogP contribution in [0.5, 0.6) is 0 Å². The number of hydrogen-bond donors (Lipinski definition) is 1. The fraction of sp³-hybridized carbons (Fsp3) is 0.421. The van der Waals surface area contributed by atoms with E-state index in [1.54, 1.807) is 12.1 Å². The third-order valence-electron chi connectivity index (χ3n) is 4.59. The van der Waals surface area contributed by atoms with Gasteiger partial charge in [-0.25, -0.2) is 0 Å². The summed E-state index contributed by atoms with van der Waals surface area (Å²) in [6, 6.07) is 4.67. The minimum Gasteiger partial charge on any atom is -0.369 e. The quantitative estimate of drug-likeness (QED) is 0.200. The minimum absolute atomic E-state index is 0.220. The molecule has 0 aliphatic carbocycles. The van der Waals surface area contributed by atoms with Gasteiger partial charge in [-0.15, -0.1) is 0 Å². The lowest BCUT2D eigenvalue weighted by atomic mass is 10.0. The fourth-order valence-electron chi connectivity index (χ4n) is 3.24. The number of azide groups is 1. The normalized spacial score (nSPS) is 18.1. The van der Waals surface area contributed by atoms with E-state index >= 15 is 0 Å². The average molecular weight is 381 g/mol. The van der Waals surface area contributed by atoms with Crippen LogP contribution in [0.25, 0.3) is 10.4 Å². The molecule has 0 radical (unpaired) electrons. The third kappa shape index (κ3) is 4.31. The molecule has 2 aliphatic heterocycles. The molecule has 9 heteroatoms. The number of imide groups is 1. The van der Waals surface area contributed by atoms with Gasteiger partial charge in [-0.1, -0.05) is 23.0 Å². The molecule has 0 saturated carbocycles. The molecule has 1 aromatic rings. The van der Waals surface area contributed by atoms with Crippen molar-refractivity contribution in [1.82, 2.24) is 10.2 Å². The van der Waals surface area contributed by atoms with Crippen LogP contribution in [-0.4, -0.2) is 48.4 Å². The average Bonchev–Trinajstić information content (AvgIpc) is 3.01. The highest BCUT2D eigenvalue weighted by Crippen LogP contribution is 2.29. The summed E-state index contributed by atoms with van der Waals surface area (Å²) in [5, 5.41) is 5.71. The van der Waals surface area contributed by atoms with Crippen molar-refractivity contribution in [3.63, 3.8) is 0 Å². The zero-order valence-corrected chi connectivity index (χ0v) is 15.2. The van der Waals surface area contributed by atoms with Gasteiger partial charge in [-0.05, 0) is 36.1 Å². The topological polar surface area (TPSA) is 124 Å². The lowest BCUT2D eigenvalue weighted by Crippen LogP contribution is -2.52. The summed E-state index contributed by atoms with van der Waals surface area (Å²) in [5.41, 5.74) is 10.2. The number of carbonyl (C=O) groups is 3. The molecule has 3 rings (SSSR count). The summed E-state index contributed by atoms with van der Waals surface area (Å²) in [5.74, 6) is 4.98. The molecule has 144 valence electrons. The van der Waals surface area contributed by atoms with Crippen LogP contribution in [0.4, 0.5) is 0 Å². The van der Waals surface area contributed by atoms with Crippen molar-refractivity contribution in [2.45, 2.75) is 31.8 Å². The first-order valence-electron chi connectivity index (χ1n) is 8.96. The van der Waals surface area contributed by atoms with Gasteiger partial charge < -0.3 is 9.64 Å². The lowest BCUT2D eigenvalue weighted by Gasteiger charge is -2.29. The molecule has 1 fully saturated rings. The predicted octanol–water partition coefficient (Wildman–Crippen LogP) is 1.52. The number of piperidine rings is 1. The third-order valence-corrected chi connectivity index (χ3v) is 4.59. The number of nitrogens with one attached hydrogen (secondary N) is 1. The fourth-order valence-corrected chi connectivity index (χ4v) is 3.24. The van der Waals surface area contributed by atoms with Gasteiger partial charge in [0.15, 0.2) is 0 Å². The summed E-state index contributed by atoms with van der Waals surface area (Å²) in [4.78, 5) is 40.4. The van der Waals surface area contributed by atoms with E-state index in [2.05, 4.69) is 27.2 Å². The zero-order valence-electron chi connectivity index (χ0n) is 15.2. The van der Waals surface area contributed by atoms with Crippen molar-refractivity contribution in [2.24, 2.45) is 5.11 Å². The number of carbonyl (C=O) groups excluding carboxylic acids is 3. The summed E-state index contributed by atoms with van der Waals surface area (Å²) in [6.45, 7) is 1.35. The Kier molecular flexibility index (Phi) is 6.27. The van der Waals surface area contributed by atoms with Crippen molar-refractivity contribution in [2.75, 3.05) is 19.8 Å². The van der Waals surface area contributed by atoms with E-state index in [0.717, 1.165) is 11.1 Å². The Balaban J connectivity index is 1.64. The van der Waals surface area contributed by atoms with Gasteiger partial charge in [0.25, 0.3) is 5.91 Å². The molecular weight excluding hydrogens is 362 g/mol. The minimum atomic E-state index is -0.641. The number of nitrogens with zero attached hydrogens (tertiary/aromatic N) is 4. The molecule has 1 atom stereocenters. The molecule has 0 bridgehead atoms. The van der Waals surface area contributed by atoms with E-state index in [0.29, 0.717) is 31.6 Å². The van der Waals surface area contributed by atoms with Crippen LogP contribution in [-0.2, 0) is 20.9 Å². The number of fused-ring (bicyclic) bond motifs is 1. The van der Waals surface area contributed by atoms with Crippen LogP contribution in [0.1, 0.15) is 40.7 Å². The van der Waals surface area contributed by atoms with Crippen molar-refractivity contribution >= 4 is 17.7 Å². The second kappa shape index (κ2) is 9.04. The summed E-state index contributed by atoms with van der Waals surface area (Å²) in [6.07, 6.45) is 1.18. The molecule has 1 aromatic carbocycles. The lowest BCUT2D eigenvalue weighted by molar-refractivity contribution is -0.136. The molecular formula is C19H19N5O4. The monoisotopic (exact) mass is 381 g/mol. The molecule has 0 aromatic heterocycles. The Morgan fingerprint density at radius 3 is 3.00 bits per heavy atom. The van der Waals surface area contributed by atoms with Gasteiger partial charge in [-0.2, -0.15) is 0 Å². The van der Waals surface area contributed by atoms with Crippen LogP contribution < -0.4 is 5.32 Å². The molecule has 2 heterocycles. The first kappa shape index (κ1) is 19.4. The maximum atomic E-state index is 12.7. The highest BCUT2D eigenvalue weighted by Gasteiger charge is 2.39. The molecule has 1 saturated heterocycles. The molecule has 28 heavy (non-hydrogen) atoms. The molecule has 1 N–H and O–H groups in total. The molecule has 3 amide bonds. The maximum Gasteiger partial charge on any atom is 0.255 e. The Morgan fingerprint density at radius 1 is 1.36 bits per heavy atom. The van der Waals surface area contributed by atoms with Gasteiger partial charge in [-0.3, -0.25) is 19.7 Å². The smallest absolute Gasteiger partial charge is 0.255 e. The number of hydrogen-bond acceptors (Lipinski definition) is 5. The van der Waals surface area contributed by atoms with Crippen molar-refractivity contribution in [3.05, 3.63) is 45.3 Å². The summed E-state index contributed by atoms with van der Waals surface area (Å²) >= 11 is 0. The SMILES string of the molecule is [N-]=[N+]=NCCCOCC#Cc1cccc2c1CN(C1CCC(=O)NC1=O)C2=O. The number of rotatable bonds is 6. The van der Waals surface area contributed by atoms with E-state index in [4.69, 9.17) is 10.3 Å². The second-order valence-corrected chi connectivity index (χ2v) is 6.39. The first-order chi connectivity index (χ1) is 13.6. The zero-order chi connectivity index (χ0) is 19.9. The van der Waals surface area contributed by atoms with Gasteiger partial charge in [0.05, 0.1) is 0 Å². The van der Waals surface area contributed by atoms with Crippen molar-refractivity contribution < 1.29 is 19.1 Å². The van der Waals surface area contributed by atoms with Crippen LogP contribution in [0.2, 0.25) is 0 Å². The van der Waals surface area contributed by atoms with Gasteiger partial charge in [0, 0.05) is 42.2 Å². The summed E-state index contributed by atoms with van der Waals surface area (Å²) in [7, 11) is 0. The van der Waals surface area contributed by atoms with E-state index in [9.17, 15) is 14.4 Å². The second-order valence-electron chi connectivity index (χ2n) is 6.39. The van der Waals surface area contributed by atoms with Gasteiger partial charge in [0.2, 0.25) is 11.8 Å². The number of amides is 3. The maximum absolute atomic E-state index is 12.7. The molecule has 0 spiro atoms. The summed E-state index contributed by atoms with van der Waals surface area (Å²) < 4.78 is 5.36. The van der Waals surface area contributed by atoms with Gasteiger partial charge >= 0.3 is 0 Å². The Hall–Kier alpha value is -3.34. The van der Waals surface area contributed by atoms with Crippen LogP contribution in [0.15, 0.2) is 23.3 Å². The highest BCUT2D eigenvalue weighted by molar-refractivity contribution is 6.05.